The summed E-state index contributed by atoms with van der Waals surface area (Å²) >= 11 is 0. The molecule has 1 aliphatic rings. The van der Waals surface area contributed by atoms with E-state index >= 15 is 0 Å². The minimum absolute atomic E-state index is 0.0791. The Balaban J connectivity index is 0.00000109. The van der Waals surface area contributed by atoms with Gasteiger partial charge in [0.1, 0.15) is 11.6 Å². The van der Waals surface area contributed by atoms with Gasteiger partial charge in [0.15, 0.2) is 17.9 Å². The molecule has 0 spiro atoms. The Morgan fingerprint density at radius 3 is 1.88 bits per heavy atom. The third kappa shape index (κ3) is 4.38. The topological polar surface area (TPSA) is 18.5 Å². The molecule has 136 valence electrons. The maximum Gasteiger partial charge on any atom is 0.184 e. The molecule has 3 rings (SSSR count). The van der Waals surface area contributed by atoms with Crippen LogP contribution in [0.15, 0.2) is 30.3 Å². The zero-order valence-corrected chi connectivity index (χ0v) is 14.3. The summed E-state index contributed by atoms with van der Waals surface area (Å²) in [6.45, 7) is 6.79. The third-order valence-corrected chi connectivity index (χ3v) is 3.61. The summed E-state index contributed by atoms with van der Waals surface area (Å²) in [4.78, 5) is 0. The van der Waals surface area contributed by atoms with Crippen LogP contribution in [-0.2, 0) is 9.47 Å². The van der Waals surface area contributed by atoms with Crippen molar-refractivity contribution < 1.29 is 27.0 Å². The number of ether oxygens (including phenoxy) is 2. The van der Waals surface area contributed by atoms with Crippen LogP contribution in [0.5, 0.6) is 0 Å². The molecule has 1 heterocycles. The molecular formula is C19H20F4O2. The molecule has 2 nitrogen and oxygen atoms in total. The smallest absolute Gasteiger partial charge is 0.184 e. The molecule has 0 radical (unpaired) electrons. The molecule has 0 N–H and O–H groups in total. The molecule has 1 aliphatic heterocycles. The van der Waals surface area contributed by atoms with Gasteiger partial charge < -0.3 is 9.47 Å². The van der Waals surface area contributed by atoms with E-state index in [1.807, 2.05) is 20.8 Å². The summed E-state index contributed by atoms with van der Waals surface area (Å²) < 4.78 is 65.6. The Hall–Kier alpha value is -1.92. The van der Waals surface area contributed by atoms with Crippen LogP contribution in [-0.4, -0.2) is 13.2 Å². The summed E-state index contributed by atoms with van der Waals surface area (Å²) in [6.07, 6.45) is -0.839. The van der Waals surface area contributed by atoms with E-state index < -0.39 is 35.1 Å². The second-order valence-electron chi connectivity index (χ2n) is 5.59. The summed E-state index contributed by atoms with van der Waals surface area (Å²) in [5, 5.41) is 0. The van der Waals surface area contributed by atoms with Gasteiger partial charge in [-0.05, 0) is 29.8 Å². The van der Waals surface area contributed by atoms with Crippen LogP contribution in [0.4, 0.5) is 17.6 Å². The number of hydrogen-bond acceptors (Lipinski definition) is 2. The first-order valence-electron chi connectivity index (χ1n) is 8.13. The summed E-state index contributed by atoms with van der Waals surface area (Å²) in [6, 6.07) is 4.87. The Labute approximate surface area is 144 Å². The first kappa shape index (κ1) is 19.4. The summed E-state index contributed by atoms with van der Waals surface area (Å²) in [7, 11) is 0. The monoisotopic (exact) mass is 356 g/mol. The highest BCUT2D eigenvalue weighted by molar-refractivity contribution is 5.65. The molecule has 0 atom stereocenters. The molecular weight excluding hydrogens is 336 g/mol. The highest BCUT2D eigenvalue weighted by Gasteiger charge is 2.24. The first-order chi connectivity index (χ1) is 12.0. The van der Waals surface area contributed by atoms with Crippen molar-refractivity contribution >= 4 is 0 Å². The third-order valence-electron chi connectivity index (χ3n) is 3.61. The van der Waals surface area contributed by atoms with Crippen LogP contribution in [0.1, 0.15) is 32.6 Å². The molecule has 0 aromatic heterocycles. The van der Waals surface area contributed by atoms with E-state index in [1.165, 1.54) is 0 Å². The molecule has 6 heteroatoms. The predicted octanol–water partition coefficient (Wildman–Crippen LogP) is 5.62. The maximum atomic E-state index is 14.3. The lowest BCUT2D eigenvalue weighted by molar-refractivity contribution is -0.202. The second kappa shape index (κ2) is 8.45. The van der Waals surface area contributed by atoms with Crippen molar-refractivity contribution in [1.82, 2.24) is 0 Å². The van der Waals surface area contributed by atoms with Crippen molar-refractivity contribution in [2.24, 2.45) is 5.92 Å². The van der Waals surface area contributed by atoms with Crippen molar-refractivity contribution in [2.45, 2.75) is 27.1 Å². The molecule has 25 heavy (non-hydrogen) atoms. The van der Waals surface area contributed by atoms with E-state index in [0.29, 0.717) is 13.2 Å². The number of hydrogen-bond donors (Lipinski definition) is 0. The van der Waals surface area contributed by atoms with Gasteiger partial charge in [-0.15, -0.1) is 0 Å². The quantitative estimate of drug-likeness (QED) is 0.651. The molecule has 0 amide bonds. The lowest BCUT2D eigenvalue weighted by Gasteiger charge is -2.27. The standard InChI is InChI=1S/C17H14F4O2.C2H6/c1-9-7-22-17(23-8-9)11-5-14(20)16(15(21)6-11)10-2-3-12(18)13(19)4-10;1-2/h2-6,9,17H,7-8H2,1H3;1-2H3. The second-order valence-corrected chi connectivity index (χ2v) is 5.59. The van der Waals surface area contributed by atoms with Gasteiger partial charge in [-0.2, -0.15) is 0 Å². The predicted molar refractivity (Wildman–Crippen MR) is 86.9 cm³/mol. The van der Waals surface area contributed by atoms with Gasteiger partial charge >= 0.3 is 0 Å². The van der Waals surface area contributed by atoms with Crippen molar-refractivity contribution in [3.63, 3.8) is 0 Å². The zero-order valence-electron chi connectivity index (χ0n) is 14.3. The molecule has 0 aliphatic carbocycles. The Morgan fingerprint density at radius 1 is 0.800 bits per heavy atom. The van der Waals surface area contributed by atoms with E-state index in [9.17, 15) is 17.6 Å². The van der Waals surface area contributed by atoms with Crippen molar-refractivity contribution in [2.75, 3.05) is 13.2 Å². The first-order valence-corrected chi connectivity index (χ1v) is 8.13. The van der Waals surface area contributed by atoms with Crippen LogP contribution in [0.2, 0.25) is 0 Å². The van der Waals surface area contributed by atoms with E-state index in [4.69, 9.17) is 9.47 Å². The number of benzene rings is 2. The van der Waals surface area contributed by atoms with E-state index in [2.05, 4.69) is 0 Å². The Kier molecular flexibility index (Phi) is 6.56. The van der Waals surface area contributed by atoms with Gasteiger partial charge in [-0.3, -0.25) is 0 Å². The van der Waals surface area contributed by atoms with Gasteiger partial charge in [0.25, 0.3) is 0 Å². The number of rotatable bonds is 2. The fraction of sp³-hybridized carbons (Fsp3) is 0.368. The van der Waals surface area contributed by atoms with Crippen molar-refractivity contribution in [3.8, 4) is 11.1 Å². The van der Waals surface area contributed by atoms with Gasteiger partial charge in [0.05, 0.1) is 18.8 Å². The molecule has 2 aromatic carbocycles. The Morgan fingerprint density at radius 2 is 1.36 bits per heavy atom. The fourth-order valence-corrected chi connectivity index (χ4v) is 2.45. The number of halogens is 4. The molecule has 1 fully saturated rings. The molecule has 1 saturated heterocycles. The lowest BCUT2D eigenvalue weighted by Crippen LogP contribution is -2.25. The average Bonchev–Trinajstić information content (AvgIpc) is 2.60. The molecule has 0 bridgehead atoms. The van der Waals surface area contributed by atoms with Gasteiger partial charge in [0.2, 0.25) is 0 Å². The van der Waals surface area contributed by atoms with Crippen molar-refractivity contribution in [3.05, 3.63) is 59.2 Å². The Bertz CT molecular complexity index is 702. The van der Waals surface area contributed by atoms with Crippen LogP contribution in [0.3, 0.4) is 0 Å². The molecule has 0 saturated carbocycles. The zero-order chi connectivity index (χ0) is 18.6. The van der Waals surface area contributed by atoms with Gasteiger partial charge in [0, 0.05) is 11.5 Å². The fourth-order valence-electron chi connectivity index (χ4n) is 2.45. The van der Waals surface area contributed by atoms with E-state index in [0.717, 1.165) is 30.3 Å². The van der Waals surface area contributed by atoms with Crippen LogP contribution < -0.4 is 0 Å². The SMILES string of the molecule is CC.CC1COC(c2cc(F)c(-c3ccc(F)c(F)c3)c(F)c2)OC1. The van der Waals surface area contributed by atoms with Crippen LogP contribution >= 0.6 is 0 Å². The van der Waals surface area contributed by atoms with E-state index in [1.54, 1.807) is 0 Å². The molecule has 2 aromatic rings. The molecule has 0 unspecified atom stereocenters. The normalized spacial score (nSPS) is 20.0. The van der Waals surface area contributed by atoms with Crippen LogP contribution in [0, 0.1) is 29.2 Å². The van der Waals surface area contributed by atoms with Crippen molar-refractivity contribution in [1.29, 1.82) is 0 Å². The highest BCUT2D eigenvalue weighted by atomic mass is 19.2. The summed E-state index contributed by atoms with van der Waals surface area (Å²) in [5.41, 5.74) is -0.292. The minimum Gasteiger partial charge on any atom is -0.348 e. The largest absolute Gasteiger partial charge is 0.348 e. The minimum atomic E-state index is -1.17. The summed E-state index contributed by atoms with van der Waals surface area (Å²) in [5.74, 6) is -3.82. The maximum absolute atomic E-state index is 14.3. The van der Waals surface area contributed by atoms with Gasteiger partial charge in [-0.1, -0.05) is 26.8 Å². The highest BCUT2D eigenvalue weighted by Crippen LogP contribution is 2.32. The average molecular weight is 356 g/mol. The van der Waals surface area contributed by atoms with Crippen LogP contribution in [0.25, 0.3) is 11.1 Å². The van der Waals surface area contributed by atoms with Gasteiger partial charge in [-0.25, -0.2) is 17.6 Å². The van der Waals surface area contributed by atoms with E-state index in [-0.39, 0.29) is 17.0 Å². The lowest BCUT2D eigenvalue weighted by atomic mass is 10.0.